The van der Waals surface area contributed by atoms with E-state index in [1.165, 1.54) is 0 Å². The molecular weight excluding hydrogens is 665 g/mol. The van der Waals surface area contributed by atoms with Crippen molar-refractivity contribution in [2.45, 2.75) is 94.4 Å². The van der Waals surface area contributed by atoms with E-state index in [4.69, 9.17) is 13.8 Å². The number of carbonyl (C=O) groups excluding carboxylic acids is 1. The van der Waals surface area contributed by atoms with Gasteiger partial charge in [0.05, 0.1) is 25.9 Å². The van der Waals surface area contributed by atoms with Crippen molar-refractivity contribution in [3.63, 3.8) is 0 Å². The number of aliphatic hydroxyl groups is 1. The lowest BCUT2D eigenvalue weighted by atomic mass is 9.95. The molecular formula is C39H74N5O6P. The molecule has 0 radical (unpaired) electrons. The van der Waals surface area contributed by atoms with E-state index in [1.54, 1.807) is 0 Å². The molecule has 0 aromatic heterocycles. The Bertz CT molecular complexity index is 1160. The van der Waals surface area contributed by atoms with E-state index in [-0.39, 0.29) is 42.8 Å². The summed E-state index contributed by atoms with van der Waals surface area (Å²) in [4.78, 5) is 24.7. The molecule has 0 amide bonds. The molecule has 1 fully saturated rings. The van der Waals surface area contributed by atoms with Crippen molar-refractivity contribution in [2.75, 3.05) is 105 Å². The van der Waals surface area contributed by atoms with Crippen LogP contribution in [0.15, 0.2) is 30.3 Å². The molecule has 51 heavy (non-hydrogen) atoms. The van der Waals surface area contributed by atoms with E-state index < -0.39 is 19.3 Å². The molecule has 0 bridgehead atoms. The zero-order chi connectivity index (χ0) is 38.3. The maximum atomic E-state index is 13.6. The summed E-state index contributed by atoms with van der Waals surface area (Å²) in [6.45, 7) is 33.6. The van der Waals surface area contributed by atoms with Gasteiger partial charge in [-0.3, -0.25) is 24.1 Å². The van der Waals surface area contributed by atoms with Crippen LogP contribution in [0.2, 0.25) is 0 Å². The van der Waals surface area contributed by atoms with Crippen molar-refractivity contribution in [3.8, 4) is 0 Å². The van der Waals surface area contributed by atoms with Gasteiger partial charge < -0.3 is 28.7 Å². The van der Waals surface area contributed by atoms with Gasteiger partial charge in [0, 0.05) is 85.1 Å². The number of hydrogen-bond donors (Lipinski definition) is 1. The summed E-state index contributed by atoms with van der Waals surface area (Å²) in [7, 11) is -3.39. The molecule has 1 heterocycles. The van der Waals surface area contributed by atoms with E-state index in [2.05, 4.69) is 61.1 Å². The molecule has 11 nitrogen and oxygen atoms in total. The molecule has 1 aromatic carbocycles. The fraction of sp³-hybridized carbons (Fsp3) is 0.821. The SMILES string of the molecule is CCOP(=O)(CN(Cc1ccccc1)CC(O)CN1CCN(CC(=O)OC(C)(C)C)CCN(CC(C)(C)C)CCN(CC(C)(C)C)CC1)OCC. The standard InChI is InChI=1S/C39H74N5O6P/c1-12-48-51(47,49-13-2)33-44(27-34-17-15-14-16-18-34)29-35(45)28-40-19-20-41(30-36(46)50-39(9,10)11)22-24-43(32-38(6,7)8)26-25-42(23-21-40)31-37(3,4)5/h14-18,35,45H,12-13,19-33H2,1-11H3. The van der Waals surface area contributed by atoms with Crippen LogP contribution in [0.5, 0.6) is 0 Å². The summed E-state index contributed by atoms with van der Waals surface area (Å²) in [5.41, 5.74) is 0.816. The summed E-state index contributed by atoms with van der Waals surface area (Å²) >= 11 is 0. The van der Waals surface area contributed by atoms with Crippen LogP contribution >= 0.6 is 7.60 Å². The maximum Gasteiger partial charge on any atom is 0.344 e. The van der Waals surface area contributed by atoms with Crippen LogP contribution in [0.4, 0.5) is 0 Å². The van der Waals surface area contributed by atoms with E-state index in [1.807, 2.05) is 69.9 Å². The highest BCUT2D eigenvalue weighted by atomic mass is 31.2. The largest absolute Gasteiger partial charge is 0.459 e. The topological polar surface area (TPSA) is 98.3 Å². The lowest BCUT2D eigenvalue weighted by molar-refractivity contribution is -0.156. The third-order valence-electron chi connectivity index (χ3n) is 8.31. The van der Waals surface area contributed by atoms with Crippen LogP contribution in [0, 0.1) is 10.8 Å². The zero-order valence-corrected chi connectivity index (χ0v) is 35.1. The van der Waals surface area contributed by atoms with Crippen molar-refractivity contribution < 1.29 is 28.3 Å². The fourth-order valence-corrected chi connectivity index (χ4v) is 8.29. The first-order chi connectivity index (χ1) is 23.7. The maximum absolute atomic E-state index is 13.6. The summed E-state index contributed by atoms with van der Waals surface area (Å²) in [6.07, 6.45) is -0.620. The molecule has 2 rings (SSSR count). The van der Waals surface area contributed by atoms with Crippen LogP contribution < -0.4 is 0 Å². The molecule has 1 aromatic rings. The first-order valence-electron chi connectivity index (χ1n) is 19.1. The highest BCUT2D eigenvalue weighted by molar-refractivity contribution is 7.53. The molecule has 1 atom stereocenters. The lowest BCUT2D eigenvalue weighted by Gasteiger charge is -2.38. The molecule has 12 heteroatoms. The molecule has 0 spiro atoms. The summed E-state index contributed by atoms with van der Waals surface area (Å²) in [6, 6.07) is 10.0. The summed E-state index contributed by atoms with van der Waals surface area (Å²) in [5.74, 6) is -0.218. The van der Waals surface area contributed by atoms with Crippen LogP contribution in [-0.2, 0) is 29.7 Å². The molecule has 0 saturated carbocycles. The highest BCUT2D eigenvalue weighted by Crippen LogP contribution is 2.48. The number of β-amino-alcohol motifs (C(OH)–C–C–N with tert-alkyl or cyclic N) is 1. The second kappa shape index (κ2) is 21.5. The van der Waals surface area contributed by atoms with Crippen molar-refractivity contribution in [1.82, 2.24) is 24.5 Å². The molecule has 1 aliphatic heterocycles. The van der Waals surface area contributed by atoms with Gasteiger partial charge in [-0.05, 0) is 51.0 Å². The fourth-order valence-electron chi connectivity index (χ4n) is 6.56. The van der Waals surface area contributed by atoms with Crippen LogP contribution in [-0.4, -0.2) is 152 Å². The average molecular weight is 740 g/mol. The Morgan fingerprint density at radius 2 is 1.22 bits per heavy atom. The Labute approximate surface area is 311 Å². The van der Waals surface area contributed by atoms with Gasteiger partial charge in [0.25, 0.3) is 0 Å². The van der Waals surface area contributed by atoms with Gasteiger partial charge in [0.15, 0.2) is 0 Å². The molecule has 1 saturated heterocycles. The van der Waals surface area contributed by atoms with E-state index in [9.17, 15) is 14.5 Å². The highest BCUT2D eigenvalue weighted by Gasteiger charge is 2.30. The van der Waals surface area contributed by atoms with Crippen LogP contribution in [0.3, 0.4) is 0 Å². The van der Waals surface area contributed by atoms with Gasteiger partial charge in [0.2, 0.25) is 0 Å². The van der Waals surface area contributed by atoms with Crippen LogP contribution in [0.25, 0.3) is 0 Å². The number of carbonyl (C=O) groups is 1. The number of esters is 1. The quantitative estimate of drug-likeness (QED) is 0.166. The Hall–Kier alpha value is -1.40. The molecule has 1 aliphatic rings. The van der Waals surface area contributed by atoms with Gasteiger partial charge in [0.1, 0.15) is 11.9 Å². The second-order valence-corrected chi connectivity index (χ2v) is 19.6. The third kappa shape index (κ3) is 21.2. The smallest absolute Gasteiger partial charge is 0.344 e. The van der Waals surface area contributed by atoms with Crippen molar-refractivity contribution >= 4 is 13.6 Å². The number of hydrogen-bond acceptors (Lipinski definition) is 11. The zero-order valence-electron chi connectivity index (χ0n) is 34.2. The first-order valence-corrected chi connectivity index (χ1v) is 20.8. The van der Waals surface area contributed by atoms with Crippen molar-refractivity contribution in [2.24, 2.45) is 10.8 Å². The predicted octanol–water partition coefficient (Wildman–Crippen LogP) is 5.73. The number of aliphatic hydroxyl groups excluding tert-OH is 1. The lowest BCUT2D eigenvalue weighted by Crippen LogP contribution is -2.50. The number of rotatable bonds is 16. The van der Waals surface area contributed by atoms with E-state index in [0.29, 0.717) is 32.7 Å². The summed E-state index contributed by atoms with van der Waals surface area (Å²) < 4.78 is 30.7. The summed E-state index contributed by atoms with van der Waals surface area (Å²) in [5, 5.41) is 11.7. The monoisotopic (exact) mass is 740 g/mol. The first kappa shape index (κ1) is 45.8. The van der Waals surface area contributed by atoms with Crippen molar-refractivity contribution in [3.05, 3.63) is 35.9 Å². The minimum Gasteiger partial charge on any atom is -0.459 e. The average Bonchev–Trinajstić information content (AvgIpc) is 2.96. The minimum atomic E-state index is -3.39. The van der Waals surface area contributed by atoms with E-state index >= 15 is 0 Å². The van der Waals surface area contributed by atoms with Gasteiger partial charge in [-0.15, -0.1) is 0 Å². The minimum absolute atomic E-state index is 0.0920. The molecule has 296 valence electrons. The van der Waals surface area contributed by atoms with Gasteiger partial charge in [-0.2, -0.15) is 0 Å². The van der Waals surface area contributed by atoms with Crippen molar-refractivity contribution in [1.29, 1.82) is 0 Å². The van der Waals surface area contributed by atoms with Gasteiger partial charge in [-0.25, -0.2) is 0 Å². The Kier molecular flexibility index (Phi) is 19.3. The van der Waals surface area contributed by atoms with Gasteiger partial charge in [-0.1, -0.05) is 71.9 Å². The molecule has 1 N–H and O–H groups in total. The van der Waals surface area contributed by atoms with Crippen LogP contribution in [0.1, 0.15) is 81.7 Å². The number of nitrogens with zero attached hydrogens (tertiary/aromatic N) is 5. The Morgan fingerprint density at radius 1 is 0.765 bits per heavy atom. The molecule has 0 aliphatic carbocycles. The number of benzene rings is 1. The molecule has 1 unspecified atom stereocenters. The van der Waals surface area contributed by atoms with E-state index in [0.717, 1.165) is 57.9 Å². The third-order valence-corrected chi connectivity index (χ3v) is 10.4. The van der Waals surface area contributed by atoms with Gasteiger partial charge >= 0.3 is 13.6 Å². The Morgan fingerprint density at radius 3 is 1.65 bits per heavy atom. The predicted molar refractivity (Wildman–Crippen MR) is 209 cm³/mol. The number of ether oxygens (including phenoxy) is 1. The second-order valence-electron chi connectivity index (χ2n) is 17.6. The normalized spacial score (nSPS) is 18.4. The Balaban J connectivity index is 2.32.